The maximum absolute atomic E-state index is 10.9. The molecule has 0 saturated heterocycles. The average molecular weight is 228 g/mol. The first-order valence-corrected chi connectivity index (χ1v) is 5.07. The minimum atomic E-state index is -1.13. The molecule has 0 atom stereocenters. The van der Waals surface area contributed by atoms with Gasteiger partial charge in [-0.3, -0.25) is 0 Å². The van der Waals surface area contributed by atoms with Crippen molar-refractivity contribution in [2.75, 3.05) is 0 Å². The molecule has 80 valence electrons. The number of carboxylic acid groups (broad SMARTS) is 1. The van der Waals surface area contributed by atoms with Crippen molar-refractivity contribution in [3.05, 3.63) is 23.5 Å². The summed E-state index contributed by atoms with van der Waals surface area (Å²) in [5, 5.41) is 18.9. The molecule has 0 N–H and O–H groups in total. The molecule has 0 aromatic carbocycles. The Morgan fingerprint density at radius 1 is 1.38 bits per heavy atom. The SMILES string of the molecule is CC(C)(C(=O)[O-])c1ccc(C2CC2)nn1.[Na+]. The zero-order valence-electron chi connectivity index (χ0n) is 9.86. The fraction of sp³-hybridized carbons (Fsp3) is 0.545. The molecule has 1 heterocycles. The monoisotopic (exact) mass is 228 g/mol. The minimum Gasteiger partial charge on any atom is -0.549 e. The van der Waals surface area contributed by atoms with E-state index in [9.17, 15) is 9.90 Å². The van der Waals surface area contributed by atoms with Gasteiger partial charge in [0.1, 0.15) is 0 Å². The van der Waals surface area contributed by atoms with Crippen LogP contribution in [0.15, 0.2) is 12.1 Å². The number of hydrogen-bond acceptors (Lipinski definition) is 4. The summed E-state index contributed by atoms with van der Waals surface area (Å²) in [5.41, 5.74) is 0.342. The summed E-state index contributed by atoms with van der Waals surface area (Å²) in [6.45, 7) is 3.15. The molecule has 0 unspecified atom stereocenters. The number of carboxylic acids is 1. The van der Waals surface area contributed by atoms with Crippen LogP contribution in [0.25, 0.3) is 0 Å². The summed E-state index contributed by atoms with van der Waals surface area (Å²) in [7, 11) is 0. The Labute approximate surface area is 117 Å². The number of aliphatic carboxylic acids is 1. The number of aromatic nitrogens is 2. The van der Waals surface area contributed by atoms with Gasteiger partial charge in [0.25, 0.3) is 0 Å². The quantitative estimate of drug-likeness (QED) is 0.531. The molecular formula is C11H13N2NaO2. The van der Waals surface area contributed by atoms with Gasteiger partial charge < -0.3 is 9.90 Å². The molecule has 0 radical (unpaired) electrons. The van der Waals surface area contributed by atoms with Crippen molar-refractivity contribution in [2.24, 2.45) is 0 Å². The van der Waals surface area contributed by atoms with Crippen LogP contribution in [0.4, 0.5) is 0 Å². The predicted octanol–water partition coefficient (Wildman–Crippen LogP) is -2.61. The van der Waals surface area contributed by atoms with E-state index in [1.54, 1.807) is 19.9 Å². The fourth-order valence-electron chi connectivity index (χ4n) is 1.38. The van der Waals surface area contributed by atoms with E-state index in [1.807, 2.05) is 6.07 Å². The van der Waals surface area contributed by atoms with Crippen LogP contribution in [0.3, 0.4) is 0 Å². The van der Waals surface area contributed by atoms with Crippen molar-refractivity contribution >= 4 is 5.97 Å². The number of hydrogen-bond donors (Lipinski definition) is 0. The van der Waals surface area contributed by atoms with E-state index < -0.39 is 11.4 Å². The van der Waals surface area contributed by atoms with Crippen LogP contribution >= 0.6 is 0 Å². The van der Waals surface area contributed by atoms with Gasteiger partial charge in [-0.05, 0) is 38.8 Å². The molecule has 0 spiro atoms. The number of nitrogens with zero attached hydrogens (tertiary/aromatic N) is 2. The van der Waals surface area contributed by atoms with E-state index in [0.29, 0.717) is 11.6 Å². The molecule has 1 aromatic heterocycles. The van der Waals surface area contributed by atoms with E-state index in [4.69, 9.17) is 0 Å². The largest absolute Gasteiger partial charge is 1.00 e. The number of carbonyl (C=O) groups is 1. The van der Waals surface area contributed by atoms with E-state index in [2.05, 4.69) is 10.2 Å². The minimum absolute atomic E-state index is 0. The van der Waals surface area contributed by atoms with Crippen LogP contribution in [0, 0.1) is 0 Å². The molecule has 1 aromatic rings. The maximum atomic E-state index is 10.9. The summed E-state index contributed by atoms with van der Waals surface area (Å²) < 4.78 is 0. The molecule has 0 amide bonds. The van der Waals surface area contributed by atoms with Crippen LogP contribution in [0.1, 0.15) is 44.0 Å². The molecule has 1 aliphatic rings. The van der Waals surface area contributed by atoms with Gasteiger partial charge in [-0.1, -0.05) is 0 Å². The molecule has 1 fully saturated rings. The molecular weight excluding hydrogens is 215 g/mol. The van der Waals surface area contributed by atoms with Crippen LogP contribution < -0.4 is 34.7 Å². The van der Waals surface area contributed by atoms with Crippen molar-refractivity contribution < 1.29 is 39.5 Å². The predicted molar refractivity (Wildman–Crippen MR) is 52.0 cm³/mol. The third-order valence-corrected chi connectivity index (χ3v) is 2.83. The maximum Gasteiger partial charge on any atom is 1.00 e. The van der Waals surface area contributed by atoms with Crippen LogP contribution in [-0.2, 0) is 10.2 Å². The first kappa shape index (κ1) is 13.6. The third kappa shape index (κ3) is 2.62. The van der Waals surface area contributed by atoms with E-state index in [0.717, 1.165) is 18.5 Å². The standard InChI is InChI=1S/C11H14N2O2.Na/c1-11(2,10(14)15)9-6-5-8(12-13-9)7-3-4-7;/h5-7H,3-4H2,1-2H3,(H,14,15);/q;+1/p-1. The van der Waals surface area contributed by atoms with Crippen molar-refractivity contribution in [3.63, 3.8) is 0 Å². The van der Waals surface area contributed by atoms with Crippen molar-refractivity contribution in [2.45, 2.75) is 38.0 Å². The zero-order valence-corrected chi connectivity index (χ0v) is 11.9. The van der Waals surface area contributed by atoms with Crippen LogP contribution in [0.2, 0.25) is 0 Å². The molecule has 1 saturated carbocycles. The number of rotatable bonds is 3. The first-order chi connectivity index (χ1) is 7.01. The van der Waals surface area contributed by atoms with Gasteiger partial charge in [0.05, 0.1) is 17.4 Å². The Balaban J connectivity index is 0.00000128. The normalized spacial score (nSPS) is 15.4. The molecule has 16 heavy (non-hydrogen) atoms. The Kier molecular flexibility index (Phi) is 4.10. The number of carbonyl (C=O) groups excluding carboxylic acids is 1. The average Bonchev–Trinajstić information content (AvgIpc) is 3.01. The molecule has 5 heteroatoms. The van der Waals surface area contributed by atoms with Gasteiger partial charge >= 0.3 is 29.6 Å². The van der Waals surface area contributed by atoms with Gasteiger partial charge in [-0.25, -0.2) is 0 Å². The second-order valence-corrected chi connectivity index (χ2v) is 4.53. The summed E-state index contributed by atoms with van der Waals surface area (Å²) in [6.07, 6.45) is 2.33. The second kappa shape index (κ2) is 4.82. The summed E-state index contributed by atoms with van der Waals surface area (Å²) in [4.78, 5) is 10.9. The first-order valence-electron chi connectivity index (χ1n) is 5.07. The summed E-state index contributed by atoms with van der Waals surface area (Å²) >= 11 is 0. The Morgan fingerprint density at radius 3 is 2.38 bits per heavy atom. The van der Waals surface area contributed by atoms with Crippen molar-refractivity contribution in [1.82, 2.24) is 10.2 Å². The van der Waals surface area contributed by atoms with Gasteiger partial charge in [-0.15, -0.1) is 0 Å². The summed E-state index contributed by atoms with van der Waals surface area (Å²) in [6, 6.07) is 3.60. The van der Waals surface area contributed by atoms with Gasteiger partial charge in [0.15, 0.2) is 0 Å². The molecule has 2 rings (SSSR count). The van der Waals surface area contributed by atoms with Gasteiger partial charge in [0.2, 0.25) is 0 Å². The van der Waals surface area contributed by atoms with Crippen molar-refractivity contribution in [3.8, 4) is 0 Å². The smallest absolute Gasteiger partial charge is 0.549 e. The van der Waals surface area contributed by atoms with E-state index >= 15 is 0 Å². The Hall–Kier alpha value is -0.450. The molecule has 4 nitrogen and oxygen atoms in total. The van der Waals surface area contributed by atoms with Gasteiger partial charge in [0, 0.05) is 11.3 Å². The molecule has 0 bridgehead atoms. The molecule has 0 aliphatic heterocycles. The van der Waals surface area contributed by atoms with E-state index in [-0.39, 0.29) is 29.6 Å². The fourth-order valence-corrected chi connectivity index (χ4v) is 1.38. The van der Waals surface area contributed by atoms with Crippen LogP contribution in [-0.4, -0.2) is 16.2 Å². The summed E-state index contributed by atoms with van der Waals surface area (Å²) in [5.74, 6) is -0.589. The topological polar surface area (TPSA) is 65.9 Å². The van der Waals surface area contributed by atoms with E-state index in [1.165, 1.54) is 0 Å². The van der Waals surface area contributed by atoms with Crippen LogP contribution in [0.5, 0.6) is 0 Å². The van der Waals surface area contributed by atoms with Gasteiger partial charge in [-0.2, -0.15) is 10.2 Å². The molecule has 1 aliphatic carbocycles. The second-order valence-electron chi connectivity index (χ2n) is 4.53. The zero-order chi connectivity index (χ0) is 11.1. The Morgan fingerprint density at radius 2 is 2.00 bits per heavy atom. The van der Waals surface area contributed by atoms with Crippen molar-refractivity contribution in [1.29, 1.82) is 0 Å². The Bertz CT molecular complexity index is 385. The third-order valence-electron chi connectivity index (χ3n) is 2.83.